The average Bonchev–Trinajstić information content (AvgIpc) is 2.25. The number of rotatable bonds is 11. The van der Waals surface area contributed by atoms with Gasteiger partial charge in [0.2, 0.25) is 0 Å². The fourth-order valence-corrected chi connectivity index (χ4v) is 1.42. The quantitative estimate of drug-likeness (QED) is 0.452. The largest absolute Gasteiger partial charge is 0.457 e. The number of hydrogen-bond donors (Lipinski definition) is 1. The lowest BCUT2D eigenvalue weighted by Crippen LogP contribution is -2.32. The number of esters is 1. The second-order valence-corrected chi connectivity index (χ2v) is 4.80. The number of carbonyl (C=O) groups excluding carboxylic acids is 1. The highest BCUT2D eigenvalue weighted by Gasteiger charge is 2.21. The first kappa shape index (κ1) is 17.4. The van der Waals surface area contributed by atoms with Gasteiger partial charge in [-0.25, -0.2) is 0 Å². The summed E-state index contributed by atoms with van der Waals surface area (Å²) in [5, 5.41) is 8.57. The lowest BCUT2D eigenvalue weighted by atomic mass is 10.1. The molecule has 18 heavy (non-hydrogen) atoms. The molecular formula is C13H26O5. The predicted molar refractivity (Wildman–Crippen MR) is 68.4 cm³/mol. The molecule has 0 spiro atoms. The van der Waals surface area contributed by atoms with Gasteiger partial charge in [-0.3, -0.25) is 4.79 Å². The molecule has 0 radical (unpaired) electrons. The van der Waals surface area contributed by atoms with Gasteiger partial charge >= 0.3 is 5.97 Å². The molecule has 0 aromatic heterocycles. The zero-order valence-electron chi connectivity index (χ0n) is 11.7. The van der Waals surface area contributed by atoms with Crippen molar-refractivity contribution in [3.8, 4) is 0 Å². The van der Waals surface area contributed by atoms with E-state index in [1.165, 1.54) is 6.92 Å². The Hall–Kier alpha value is -0.650. The zero-order valence-corrected chi connectivity index (χ0v) is 11.7. The number of aliphatic hydroxyl groups is 1. The molecule has 0 aliphatic carbocycles. The Morgan fingerprint density at radius 2 is 1.67 bits per heavy atom. The van der Waals surface area contributed by atoms with E-state index in [-0.39, 0.29) is 12.6 Å². The van der Waals surface area contributed by atoms with E-state index in [1.807, 2.05) is 13.8 Å². The summed E-state index contributed by atoms with van der Waals surface area (Å²) in [4.78, 5) is 10.8. The highest BCUT2D eigenvalue weighted by atomic mass is 16.6. The van der Waals surface area contributed by atoms with Crippen LogP contribution in [0.15, 0.2) is 0 Å². The van der Waals surface area contributed by atoms with E-state index in [1.54, 1.807) is 0 Å². The molecule has 0 aromatic rings. The molecule has 0 aliphatic heterocycles. The summed E-state index contributed by atoms with van der Waals surface area (Å²) >= 11 is 0. The number of ether oxygens (including phenoxy) is 3. The number of hydrogen-bond acceptors (Lipinski definition) is 5. The molecule has 5 heteroatoms. The highest BCUT2D eigenvalue weighted by Crippen LogP contribution is 2.09. The first-order chi connectivity index (χ1) is 8.48. The summed E-state index contributed by atoms with van der Waals surface area (Å²) in [6, 6.07) is 0. The fraction of sp³-hybridized carbons (Fsp3) is 0.923. The molecule has 0 fully saturated rings. The Kier molecular flexibility index (Phi) is 9.92. The molecule has 0 unspecified atom stereocenters. The number of unbranched alkanes of at least 4 members (excludes halogenated alkanes) is 1. The first-order valence-electron chi connectivity index (χ1n) is 6.44. The van der Waals surface area contributed by atoms with Gasteiger partial charge in [0.25, 0.3) is 0 Å². The monoisotopic (exact) mass is 262 g/mol. The molecule has 0 rings (SSSR count). The topological polar surface area (TPSA) is 65.0 Å². The molecule has 0 saturated carbocycles. The maximum Gasteiger partial charge on any atom is 0.303 e. The standard InChI is InChI=1S/C13H26O5/c1-12(15)18-13(2,3)11-17-10-6-9-16-8-5-4-7-14/h14H,4-11H2,1-3H3. The van der Waals surface area contributed by atoms with E-state index in [4.69, 9.17) is 19.3 Å². The summed E-state index contributed by atoms with van der Waals surface area (Å²) in [5.74, 6) is -0.296. The van der Waals surface area contributed by atoms with Crippen LogP contribution >= 0.6 is 0 Å². The van der Waals surface area contributed by atoms with Gasteiger partial charge in [0.05, 0.1) is 6.61 Å². The Balaban J connectivity index is 3.31. The van der Waals surface area contributed by atoms with E-state index < -0.39 is 5.60 Å². The van der Waals surface area contributed by atoms with Crippen LogP contribution in [-0.2, 0) is 19.0 Å². The average molecular weight is 262 g/mol. The van der Waals surface area contributed by atoms with Crippen LogP contribution in [0.2, 0.25) is 0 Å². The Bertz CT molecular complexity index is 215. The summed E-state index contributed by atoms with van der Waals surface area (Å²) in [6.45, 7) is 7.56. The van der Waals surface area contributed by atoms with Gasteiger partial charge in [0, 0.05) is 33.4 Å². The Morgan fingerprint density at radius 1 is 1.06 bits per heavy atom. The maximum absolute atomic E-state index is 10.8. The highest BCUT2D eigenvalue weighted by molar-refractivity contribution is 5.66. The zero-order chi connectivity index (χ0) is 13.9. The van der Waals surface area contributed by atoms with Crippen LogP contribution in [0.1, 0.15) is 40.0 Å². The first-order valence-corrected chi connectivity index (χ1v) is 6.44. The van der Waals surface area contributed by atoms with E-state index in [0.717, 1.165) is 19.3 Å². The SMILES string of the molecule is CC(=O)OC(C)(C)COCCCOCCCCO. The van der Waals surface area contributed by atoms with Gasteiger partial charge in [0.15, 0.2) is 0 Å². The minimum Gasteiger partial charge on any atom is -0.457 e. The Labute approximate surface area is 109 Å². The molecule has 1 N–H and O–H groups in total. The molecule has 0 aliphatic rings. The van der Waals surface area contributed by atoms with E-state index in [9.17, 15) is 4.79 Å². The molecule has 0 saturated heterocycles. The molecule has 0 amide bonds. The lowest BCUT2D eigenvalue weighted by molar-refractivity contribution is -0.159. The third kappa shape index (κ3) is 11.8. The van der Waals surface area contributed by atoms with Crippen molar-refractivity contribution >= 4 is 5.97 Å². The molecule has 5 nitrogen and oxygen atoms in total. The second kappa shape index (κ2) is 10.3. The van der Waals surface area contributed by atoms with Crippen LogP contribution < -0.4 is 0 Å². The van der Waals surface area contributed by atoms with E-state index in [0.29, 0.717) is 26.4 Å². The van der Waals surface area contributed by atoms with Gasteiger partial charge in [-0.2, -0.15) is 0 Å². The summed E-state index contributed by atoms with van der Waals surface area (Å²) in [7, 11) is 0. The van der Waals surface area contributed by atoms with Gasteiger partial charge in [-0.1, -0.05) is 0 Å². The van der Waals surface area contributed by atoms with Crippen molar-refractivity contribution in [1.29, 1.82) is 0 Å². The van der Waals surface area contributed by atoms with Crippen molar-refractivity contribution in [3.05, 3.63) is 0 Å². The maximum atomic E-state index is 10.8. The molecule has 108 valence electrons. The van der Waals surface area contributed by atoms with Gasteiger partial charge in [-0.05, 0) is 33.1 Å². The summed E-state index contributed by atoms with van der Waals surface area (Å²) in [5.41, 5.74) is -0.576. The summed E-state index contributed by atoms with van der Waals surface area (Å²) < 4.78 is 15.9. The van der Waals surface area contributed by atoms with Crippen molar-refractivity contribution in [2.75, 3.05) is 33.0 Å². The van der Waals surface area contributed by atoms with E-state index >= 15 is 0 Å². The minimum absolute atomic E-state index is 0.220. The van der Waals surface area contributed by atoms with Gasteiger partial charge in [0.1, 0.15) is 5.60 Å². The van der Waals surface area contributed by atoms with E-state index in [2.05, 4.69) is 0 Å². The third-order valence-electron chi connectivity index (χ3n) is 2.14. The smallest absolute Gasteiger partial charge is 0.303 e. The third-order valence-corrected chi connectivity index (χ3v) is 2.14. The summed E-state index contributed by atoms with van der Waals surface area (Å²) in [6.07, 6.45) is 2.49. The van der Waals surface area contributed by atoms with Crippen molar-refractivity contribution < 1.29 is 24.1 Å². The van der Waals surface area contributed by atoms with Crippen LogP contribution in [0.5, 0.6) is 0 Å². The van der Waals surface area contributed by atoms with Gasteiger partial charge < -0.3 is 19.3 Å². The van der Waals surface area contributed by atoms with Crippen LogP contribution in [0.4, 0.5) is 0 Å². The molecule has 0 bridgehead atoms. The molecule has 0 atom stereocenters. The molecule has 0 heterocycles. The van der Waals surface area contributed by atoms with Crippen LogP contribution in [0, 0.1) is 0 Å². The van der Waals surface area contributed by atoms with Crippen molar-refractivity contribution in [3.63, 3.8) is 0 Å². The normalized spacial score (nSPS) is 11.6. The van der Waals surface area contributed by atoms with Crippen molar-refractivity contribution in [2.24, 2.45) is 0 Å². The minimum atomic E-state index is -0.576. The number of carbonyl (C=O) groups is 1. The Morgan fingerprint density at radius 3 is 2.28 bits per heavy atom. The predicted octanol–water partition coefficient (Wildman–Crippen LogP) is 1.52. The molecule has 0 aromatic carbocycles. The van der Waals surface area contributed by atoms with Crippen molar-refractivity contribution in [1.82, 2.24) is 0 Å². The molecular weight excluding hydrogens is 236 g/mol. The van der Waals surface area contributed by atoms with Crippen LogP contribution in [0.25, 0.3) is 0 Å². The van der Waals surface area contributed by atoms with Crippen LogP contribution in [-0.4, -0.2) is 49.7 Å². The second-order valence-electron chi connectivity index (χ2n) is 4.80. The lowest BCUT2D eigenvalue weighted by Gasteiger charge is -2.24. The van der Waals surface area contributed by atoms with Gasteiger partial charge in [-0.15, -0.1) is 0 Å². The van der Waals surface area contributed by atoms with Crippen LogP contribution in [0.3, 0.4) is 0 Å². The fourth-order valence-electron chi connectivity index (χ4n) is 1.42. The number of aliphatic hydroxyl groups excluding tert-OH is 1. The van der Waals surface area contributed by atoms with Crippen molar-refractivity contribution in [2.45, 2.75) is 45.6 Å².